The molecule has 0 atom stereocenters. The quantitative estimate of drug-likeness (QED) is 0.258. The van der Waals surface area contributed by atoms with Gasteiger partial charge >= 0.3 is 0 Å². The molecule has 0 fully saturated rings. The lowest BCUT2D eigenvalue weighted by Gasteiger charge is -2.10. The fraction of sp³-hybridized carbons (Fsp3) is 0. The molecule has 0 unspecified atom stereocenters. The van der Waals surface area contributed by atoms with Crippen LogP contribution in [0.4, 0.5) is 0 Å². The number of benzene rings is 4. The van der Waals surface area contributed by atoms with Crippen molar-refractivity contribution >= 4 is 37.9 Å². The molecule has 0 saturated heterocycles. The van der Waals surface area contributed by atoms with Gasteiger partial charge in [0.15, 0.2) is 5.82 Å². The summed E-state index contributed by atoms with van der Waals surface area (Å²) in [6.45, 7) is 0. The van der Waals surface area contributed by atoms with Crippen LogP contribution >= 0.6 is 15.9 Å². The molecule has 0 aliphatic carbocycles. The van der Waals surface area contributed by atoms with Crippen LogP contribution in [0.15, 0.2) is 112 Å². The zero-order valence-corrected chi connectivity index (χ0v) is 18.6. The van der Waals surface area contributed by atoms with Crippen molar-refractivity contribution in [3.8, 4) is 33.9 Å². The van der Waals surface area contributed by atoms with Gasteiger partial charge in [-0.3, -0.25) is 0 Å². The molecular weight excluding hydrogens is 460 g/mol. The molecule has 32 heavy (non-hydrogen) atoms. The summed E-state index contributed by atoms with van der Waals surface area (Å²) in [4.78, 5) is 9.94. The van der Waals surface area contributed by atoms with E-state index in [0.29, 0.717) is 5.82 Å². The van der Waals surface area contributed by atoms with Crippen molar-refractivity contribution in [3.63, 3.8) is 0 Å². The van der Waals surface area contributed by atoms with Crippen LogP contribution in [0.5, 0.6) is 0 Å². The molecule has 0 saturated carbocycles. The van der Waals surface area contributed by atoms with E-state index in [-0.39, 0.29) is 0 Å². The molecule has 0 bridgehead atoms. The Bertz CT molecular complexity index is 1520. The zero-order valence-electron chi connectivity index (χ0n) is 17.0. The first-order chi connectivity index (χ1) is 15.8. The van der Waals surface area contributed by atoms with Gasteiger partial charge in [0.05, 0.1) is 17.0 Å². The molecule has 3 nitrogen and oxygen atoms in total. The standard InChI is InChI=1S/C28H17BrN2O/c29-20-15-22-21-13-7-8-14-26(21)32-27(22)23(16-20)28-30-24(18-9-3-1-4-10-18)17-25(31-28)19-11-5-2-6-12-19/h1-17H. The summed E-state index contributed by atoms with van der Waals surface area (Å²) in [6.07, 6.45) is 0. The van der Waals surface area contributed by atoms with Gasteiger partial charge in [-0.15, -0.1) is 0 Å². The Morgan fingerprint density at radius 3 is 1.84 bits per heavy atom. The number of aromatic nitrogens is 2. The van der Waals surface area contributed by atoms with E-state index >= 15 is 0 Å². The summed E-state index contributed by atoms with van der Waals surface area (Å²) in [5.74, 6) is 0.635. The molecular formula is C28H17BrN2O. The van der Waals surface area contributed by atoms with Gasteiger partial charge in [0.2, 0.25) is 0 Å². The number of para-hydroxylation sites is 1. The molecule has 0 spiro atoms. The van der Waals surface area contributed by atoms with Crippen LogP contribution in [0.3, 0.4) is 0 Å². The van der Waals surface area contributed by atoms with Gasteiger partial charge in [-0.2, -0.15) is 0 Å². The highest BCUT2D eigenvalue weighted by Gasteiger charge is 2.17. The van der Waals surface area contributed by atoms with Crippen molar-refractivity contribution in [1.29, 1.82) is 0 Å². The van der Waals surface area contributed by atoms with Crippen LogP contribution in [-0.4, -0.2) is 9.97 Å². The van der Waals surface area contributed by atoms with Gasteiger partial charge in [0.25, 0.3) is 0 Å². The third-order valence-corrected chi connectivity index (χ3v) is 6.01. The monoisotopic (exact) mass is 476 g/mol. The Morgan fingerprint density at radius 1 is 0.594 bits per heavy atom. The molecule has 4 heteroatoms. The lowest BCUT2D eigenvalue weighted by molar-refractivity contribution is 0.669. The second-order valence-electron chi connectivity index (χ2n) is 7.62. The van der Waals surface area contributed by atoms with E-state index < -0.39 is 0 Å². The van der Waals surface area contributed by atoms with Crippen molar-refractivity contribution in [2.24, 2.45) is 0 Å². The van der Waals surface area contributed by atoms with E-state index in [2.05, 4.69) is 52.3 Å². The van der Waals surface area contributed by atoms with Gasteiger partial charge in [-0.25, -0.2) is 9.97 Å². The Balaban J connectivity index is 1.66. The van der Waals surface area contributed by atoms with Crippen LogP contribution < -0.4 is 0 Å². The third kappa shape index (κ3) is 3.29. The zero-order chi connectivity index (χ0) is 21.5. The number of fused-ring (bicyclic) bond motifs is 3. The number of furan rings is 1. The topological polar surface area (TPSA) is 38.9 Å². The summed E-state index contributed by atoms with van der Waals surface area (Å²) in [5, 5.41) is 2.12. The molecule has 0 aliphatic heterocycles. The van der Waals surface area contributed by atoms with E-state index in [4.69, 9.17) is 14.4 Å². The van der Waals surface area contributed by atoms with E-state index in [9.17, 15) is 0 Å². The Kier molecular flexibility index (Phi) is 4.58. The van der Waals surface area contributed by atoms with Crippen molar-refractivity contribution in [2.45, 2.75) is 0 Å². The van der Waals surface area contributed by atoms with E-state index in [1.807, 2.05) is 66.7 Å². The van der Waals surface area contributed by atoms with Gasteiger partial charge in [0.1, 0.15) is 11.2 Å². The fourth-order valence-corrected chi connectivity index (χ4v) is 4.50. The number of halogens is 1. The third-order valence-electron chi connectivity index (χ3n) is 5.55. The van der Waals surface area contributed by atoms with E-state index in [1.165, 1.54) is 0 Å². The predicted molar refractivity (Wildman–Crippen MR) is 133 cm³/mol. The largest absolute Gasteiger partial charge is 0.455 e. The van der Waals surface area contributed by atoms with Gasteiger partial charge in [0, 0.05) is 26.4 Å². The average molecular weight is 477 g/mol. The molecule has 6 rings (SSSR count). The Hall–Kier alpha value is -3.76. The minimum atomic E-state index is 0.635. The number of rotatable bonds is 3. The van der Waals surface area contributed by atoms with E-state index in [0.717, 1.165) is 54.5 Å². The lowest BCUT2D eigenvalue weighted by Crippen LogP contribution is -1.96. The van der Waals surface area contributed by atoms with Crippen molar-refractivity contribution in [2.75, 3.05) is 0 Å². The second kappa shape index (κ2) is 7.74. The molecule has 6 aromatic rings. The SMILES string of the molecule is Brc1cc(-c2nc(-c3ccccc3)cc(-c3ccccc3)n2)c2oc3ccccc3c2c1. The smallest absolute Gasteiger partial charge is 0.164 e. The molecule has 0 amide bonds. The van der Waals surface area contributed by atoms with Crippen LogP contribution in [0.1, 0.15) is 0 Å². The second-order valence-corrected chi connectivity index (χ2v) is 8.54. The average Bonchev–Trinajstić information content (AvgIpc) is 3.23. The first kappa shape index (κ1) is 19.0. The van der Waals surface area contributed by atoms with Crippen LogP contribution in [0.2, 0.25) is 0 Å². The van der Waals surface area contributed by atoms with Crippen molar-refractivity contribution in [3.05, 3.63) is 108 Å². The molecule has 152 valence electrons. The van der Waals surface area contributed by atoms with Gasteiger partial charge < -0.3 is 4.42 Å². The van der Waals surface area contributed by atoms with Gasteiger partial charge in [-0.1, -0.05) is 94.8 Å². The van der Waals surface area contributed by atoms with Crippen molar-refractivity contribution < 1.29 is 4.42 Å². The first-order valence-electron chi connectivity index (χ1n) is 10.4. The summed E-state index contributed by atoms with van der Waals surface area (Å²) < 4.78 is 7.24. The number of hydrogen-bond donors (Lipinski definition) is 0. The lowest BCUT2D eigenvalue weighted by atomic mass is 10.1. The normalized spacial score (nSPS) is 11.3. The minimum absolute atomic E-state index is 0.635. The minimum Gasteiger partial charge on any atom is -0.455 e. The molecule has 2 aromatic heterocycles. The summed E-state index contributed by atoms with van der Waals surface area (Å²) in [6, 6.07) is 34.6. The summed E-state index contributed by atoms with van der Waals surface area (Å²) >= 11 is 3.68. The van der Waals surface area contributed by atoms with Crippen LogP contribution in [-0.2, 0) is 0 Å². The molecule has 0 radical (unpaired) electrons. The Labute approximate surface area is 193 Å². The maximum atomic E-state index is 6.28. The maximum absolute atomic E-state index is 6.28. The van der Waals surface area contributed by atoms with Crippen molar-refractivity contribution in [1.82, 2.24) is 9.97 Å². The highest BCUT2D eigenvalue weighted by Crippen LogP contribution is 2.38. The number of hydrogen-bond acceptors (Lipinski definition) is 3. The molecule has 2 heterocycles. The number of nitrogens with zero attached hydrogens (tertiary/aromatic N) is 2. The molecule has 0 aliphatic rings. The highest BCUT2D eigenvalue weighted by atomic mass is 79.9. The molecule has 0 N–H and O–H groups in total. The van der Waals surface area contributed by atoms with E-state index in [1.54, 1.807) is 0 Å². The summed E-state index contributed by atoms with van der Waals surface area (Å²) in [7, 11) is 0. The van der Waals surface area contributed by atoms with Crippen LogP contribution in [0.25, 0.3) is 55.8 Å². The highest BCUT2D eigenvalue weighted by molar-refractivity contribution is 9.10. The van der Waals surface area contributed by atoms with Crippen LogP contribution in [0, 0.1) is 0 Å². The summed E-state index contributed by atoms with van der Waals surface area (Å²) in [5.41, 5.74) is 6.34. The maximum Gasteiger partial charge on any atom is 0.164 e. The predicted octanol–water partition coefficient (Wildman–Crippen LogP) is 8.14. The fourth-order valence-electron chi connectivity index (χ4n) is 4.04. The Morgan fingerprint density at radius 2 is 1.19 bits per heavy atom. The molecule has 4 aromatic carbocycles. The van der Waals surface area contributed by atoms with Gasteiger partial charge in [-0.05, 0) is 24.3 Å². The first-order valence-corrected chi connectivity index (χ1v) is 11.2.